The maximum Gasteiger partial charge on any atom is 0.326 e. The Morgan fingerprint density at radius 1 is 1.00 bits per heavy atom. The Bertz CT molecular complexity index is 741. The number of hydrogen-bond acceptors (Lipinski definition) is 3. The monoisotopic (exact) mass is 315 g/mol. The Labute approximate surface area is 132 Å². The largest absolute Gasteiger partial charge is 0.481 e. The summed E-state index contributed by atoms with van der Waals surface area (Å²) in [4.78, 5) is 33.6. The molecule has 6 heteroatoms. The first-order chi connectivity index (χ1) is 11.0. The summed E-state index contributed by atoms with van der Waals surface area (Å²) in [6, 6.07) is 12.1. The van der Waals surface area contributed by atoms with Crippen molar-refractivity contribution in [3.05, 3.63) is 48.0 Å². The lowest BCUT2D eigenvalue weighted by atomic mass is 10.0. The fourth-order valence-electron chi connectivity index (χ4n) is 2.30. The quantitative estimate of drug-likeness (QED) is 0.723. The number of carboxylic acid groups (broad SMARTS) is 2. The molecule has 2 aromatic rings. The molecule has 0 aliphatic rings. The van der Waals surface area contributed by atoms with E-state index < -0.39 is 23.9 Å². The van der Waals surface area contributed by atoms with Crippen molar-refractivity contribution in [2.45, 2.75) is 25.3 Å². The summed E-state index contributed by atoms with van der Waals surface area (Å²) >= 11 is 0. The lowest BCUT2D eigenvalue weighted by molar-refractivity contribution is -0.143. The summed E-state index contributed by atoms with van der Waals surface area (Å²) < 4.78 is 0. The number of aliphatic carboxylic acids is 2. The third-order valence-electron chi connectivity index (χ3n) is 3.46. The fourth-order valence-corrected chi connectivity index (χ4v) is 2.30. The smallest absolute Gasteiger partial charge is 0.326 e. The van der Waals surface area contributed by atoms with Gasteiger partial charge in [-0.3, -0.25) is 9.59 Å². The van der Waals surface area contributed by atoms with Crippen molar-refractivity contribution >= 4 is 28.6 Å². The van der Waals surface area contributed by atoms with Crippen LogP contribution in [0, 0.1) is 0 Å². The molecule has 1 unspecified atom stereocenters. The number of carbonyl (C=O) groups is 3. The van der Waals surface area contributed by atoms with E-state index >= 15 is 0 Å². The van der Waals surface area contributed by atoms with E-state index in [0.717, 1.165) is 16.3 Å². The van der Waals surface area contributed by atoms with Crippen LogP contribution >= 0.6 is 0 Å². The van der Waals surface area contributed by atoms with Crippen molar-refractivity contribution < 1.29 is 24.6 Å². The van der Waals surface area contributed by atoms with E-state index in [4.69, 9.17) is 10.2 Å². The van der Waals surface area contributed by atoms with Gasteiger partial charge in [0.25, 0.3) is 0 Å². The molecule has 1 amide bonds. The zero-order valence-corrected chi connectivity index (χ0v) is 12.4. The van der Waals surface area contributed by atoms with Crippen molar-refractivity contribution in [3.63, 3.8) is 0 Å². The number of carboxylic acids is 2. The average molecular weight is 315 g/mol. The van der Waals surface area contributed by atoms with Gasteiger partial charge in [-0.1, -0.05) is 42.5 Å². The van der Waals surface area contributed by atoms with E-state index in [1.165, 1.54) is 0 Å². The molecule has 0 bridgehead atoms. The molecule has 23 heavy (non-hydrogen) atoms. The minimum Gasteiger partial charge on any atom is -0.481 e. The number of fused-ring (bicyclic) bond motifs is 1. The summed E-state index contributed by atoms with van der Waals surface area (Å²) in [6.07, 6.45) is -0.414. The minimum absolute atomic E-state index is 0.0433. The van der Waals surface area contributed by atoms with Crippen LogP contribution in [-0.2, 0) is 20.8 Å². The Balaban J connectivity index is 2.01. The van der Waals surface area contributed by atoms with E-state index in [0.29, 0.717) is 0 Å². The third kappa shape index (κ3) is 4.81. The highest BCUT2D eigenvalue weighted by Crippen LogP contribution is 2.16. The van der Waals surface area contributed by atoms with Gasteiger partial charge in [-0.15, -0.1) is 0 Å². The molecule has 0 heterocycles. The molecule has 120 valence electrons. The molecular formula is C17H17NO5. The Morgan fingerprint density at radius 2 is 1.70 bits per heavy atom. The second-order valence-corrected chi connectivity index (χ2v) is 5.25. The van der Waals surface area contributed by atoms with Gasteiger partial charge < -0.3 is 15.5 Å². The SMILES string of the molecule is O=C(O)CCC(NC(=O)Cc1ccc2ccccc2c1)C(=O)O. The normalized spacial score (nSPS) is 11.8. The van der Waals surface area contributed by atoms with E-state index in [-0.39, 0.29) is 19.3 Å². The third-order valence-corrected chi connectivity index (χ3v) is 3.46. The zero-order valence-electron chi connectivity index (χ0n) is 12.4. The van der Waals surface area contributed by atoms with Crippen LogP contribution in [0.15, 0.2) is 42.5 Å². The van der Waals surface area contributed by atoms with Crippen molar-refractivity contribution in [2.24, 2.45) is 0 Å². The van der Waals surface area contributed by atoms with Gasteiger partial charge >= 0.3 is 11.9 Å². The number of carbonyl (C=O) groups excluding carboxylic acids is 1. The maximum absolute atomic E-state index is 12.0. The van der Waals surface area contributed by atoms with E-state index in [9.17, 15) is 14.4 Å². The first kappa shape index (κ1) is 16.5. The van der Waals surface area contributed by atoms with E-state index in [2.05, 4.69) is 5.32 Å². The van der Waals surface area contributed by atoms with Gasteiger partial charge in [-0.25, -0.2) is 4.79 Å². The minimum atomic E-state index is -1.24. The molecule has 0 aliphatic heterocycles. The van der Waals surface area contributed by atoms with E-state index in [1.807, 2.05) is 42.5 Å². The van der Waals surface area contributed by atoms with Crippen LogP contribution in [0.4, 0.5) is 0 Å². The second kappa shape index (κ2) is 7.40. The number of hydrogen-bond donors (Lipinski definition) is 3. The Hall–Kier alpha value is -2.89. The van der Waals surface area contributed by atoms with Gasteiger partial charge in [0.1, 0.15) is 6.04 Å². The van der Waals surface area contributed by atoms with Crippen LogP contribution in [0.1, 0.15) is 18.4 Å². The molecule has 0 saturated carbocycles. The lowest BCUT2D eigenvalue weighted by Gasteiger charge is -2.13. The highest BCUT2D eigenvalue weighted by molar-refractivity contribution is 5.87. The predicted molar refractivity (Wildman–Crippen MR) is 84.1 cm³/mol. The highest BCUT2D eigenvalue weighted by atomic mass is 16.4. The summed E-state index contributed by atoms with van der Waals surface area (Å²) in [6.45, 7) is 0. The number of nitrogens with one attached hydrogen (secondary N) is 1. The van der Waals surface area contributed by atoms with Crippen LogP contribution in [0.25, 0.3) is 10.8 Å². The van der Waals surface area contributed by atoms with Gasteiger partial charge in [-0.05, 0) is 22.8 Å². The molecule has 2 aromatic carbocycles. The summed E-state index contributed by atoms with van der Waals surface area (Å²) in [5.74, 6) is -2.78. The molecule has 0 spiro atoms. The van der Waals surface area contributed by atoms with Crippen molar-refractivity contribution in [1.29, 1.82) is 0 Å². The summed E-state index contributed by atoms with van der Waals surface area (Å²) in [7, 11) is 0. The van der Waals surface area contributed by atoms with Gasteiger partial charge in [0.15, 0.2) is 0 Å². The zero-order chi connectivity index (χ0) is 16.8. The van der Waals surface area contributed by atoms with Gasteiger partial charge in [0.2, 0.25) is 5.91 Å². The van der Waals surface area contributed by atoms with Gasteiger partial charge in [0, 0.05) is 6.42 Å². The van der Waals surface area contributed by atoms with Crippen molar-refractivity contribution in [1.82, 2.24) is 5.32 Å². The van der Waals surface area contributed by atoms with Gasteiger partial charge in [0.05, 0.1) is 6.42 Å². The number of rotatable bonds is 7. The lowest BCUT2D eigenvalue weighted by Crippen LogP contribution is -2.41. The predicted octanol–water partition coefficient (Wildman–Crippen LogP) is 1.82. The van der Waals surface area contributed by atoms with Gasteiger partial charge in [-0.2, -0.15) is 0 Å². The maximum atomic E-state index is 12.0. The van der Waals surface area contributed by atoms with Crippen LogP contribution in [-0.4, -0.2) is 34.1 Å². The van der Waals surface area contributed by atoms with E-state index in [1.54, 1.807) is 0 Å². The Kier molecular flexibility index (Phi) is 5.30. The standard InChI is InChI=1S/C17H17NO5/c19-15(18-14(17(22)23)7-8-16(20)21)10-11-5-6-12-3-1-2-4-13(12)9-11/h1-6,9,14H,7-8,10H2,(H,18,19)(H,20,21)(H,22,23). The molecule has 0 fully saturated rings. The molecule has 3 N–H and O–H groups in total. The summed E-state index contributed by atoms with van der Waals surface area (Å²) in [5, 5.41) is 22.1. The summed E-state index contributed by atoms with van der Waals surface area (Å²) in [5.41, 5.74) is 0.767. The molecule has 2 rings (SSSR count). The van der Waals surface area contributed by atoms with Crippen molar-refractivity contribution in [3.8, 4) is 0 Å². The molecule has 0 aliphatic carbocycles. The molecular weight excluding hydrogens is 298 g/mol. The fraction of sp³-hybridized carbons (Fsp3) is 0.235. The number of benzene rings is 2. The molecule has 0 aromatic heterocycles. The highest BCUT2D eigenvalue weighted by Gasteiger charge is 2.20. The van der Waals surface area contributed by atoms with Crippen LogP contribution in [0.5, 0.6) is 0 Å². The Morgan fingerprint density at radius 3 is 2.35 bits per heavy atom. The topological polar surface area (TPSA) is 104 Å². The van der Waals surface area contributed by atoms with Crippen LogP contribution in [0.3, 0.4) is 0 Å². The van der Waals surface area contributed by atoms with Crippen molar-refractivity contribution in [2.75, 3.05) is 0 Å². The average Bonchev–Trinajstić information content (AvgIpc) is 2.50. The molecule has 0 saturated heterocycles. The first-order valence-electron chi connectivity index (χ1n) is 7.17. The molecule has 1 atom stereocenters. The molecule has 0 radical (unpaired) electrons. The molecule has 6 nitrogen and oxygen atoms in total. The number of amides is 1. The van der Waals surface area contributed by atoms with Crippen LogP contribution in [0.2, 0.25) is 0 Å². The first-order valence-corrected chi connectivity index (χ1v) is 7.17. The second-order valence-electron chi connectivity index (χ2n) is 5.25. The van der Waals surface area contributed by atoms with Crippen LogP contribution < -0.4 is 5.32 Å².